The second-order valence-electron chi connectivity index (χ2n) is 4.01. The van der Waals surface area contributed by atoms with E-state index in [-0.39, 0.29) is 11.6 Å². The van der Waals surface area contributed by atoms with Gasteiger partial charge in [0, 0.05) is 11.8 Å². The van der Waals surface area contributed by atoms with Crippen LogP contribution in [-0.2, 0) is 0 Å². The van der Waals surface area contributed by atoms with E-state index in [2.05, 4.69) is 4.98 Å². The van der Waals surface area contributed by atoms with E-state index in [1.807, 2.05) is 13.0 Å². The van der Waals surface area contributed by atoms with Crippen molar-refractivity contribution in [2.45, 2.75) is 13.8 Å². The van der Waals surface area contributed by atoms with Gasteiger partial charge in [0.1, 0.15) is 11.5 Å². The molecule has 2 rings (SSSR count). The molecular formula is C14H12FNO. The second kappa shape index (κ2) is 4.45. The van der Waals surface area contributed by atoms with Gasteiger partial charge in [-0.1, -0.05) is 0 Å². The number of carbonyl (C=O) groups excluding carboxylic acids is 1. The topological polar surface area (TPSA) is 30.0 Å². The van der Waals surface area contributed by atoms with Gasteiger partial charge in [0.05, 0.1) is 0 Å². The minimum Gasteiger partial charge on any atom is -0.287 e. The molecule has 2 nitrogen and oxygen atoms in total. The Labute approximate surface area is 99.1 Å². The van der Waals surface area contributed by atoms with Gasteiger partial charge in [-0.25, -0.2) is 4.39 Å². The first-order valence-electron chi connectivity index (χ1n) is 5.31. The Bertz CT molecular complexity index is 578. The Balaban J connectivity index is 2.44. The molecule has 0 aliphatic rings. The quantitative estimate of drug-likeness (QED) is 0.741. The zero-order valence-corrected chi connectivity index (χ0v) is 9.70. The number of carbonyl (C=O) groups is 1. The number of hydrogen-bond donors (Lipinski definition) is 0. The van der Waals surface area contributed by atoms with Crippen LogP contribution >= 0.6 is 0 Å². The molecule has 0 N–H and O–H groups in total. The molecule has 2 aromatic rings. The Hall–Kier alpha value is -2.03. The molecule has 0 radical (unpaired) electrons. The van der Waals surface area contributed by atoms with Gasteiger partial charge in [0.25, 0.3) is 0 Å². The summed E-state index contributed by atoms with van der Waals surface area (Å²) in [5, 5.41) is 0. The zero-order chi connectivity index (χ0) is 12.4. The van der Waals surface area contributed by atoms with Crippen molar-refractivity contribution in [3.05, 3.63) is 64.7 Å². The molecule has 0 aliphatic heterocycles. The average Bonchev–Trinajstić information content (AvgIpc) is 2.28. The van der Waals surface area contributed by atoms with E-state index in [4.69, 9.17) is 0 Å². The molecule has 0 bridgehead atoms. The van der Waals surface area contributed by atoms with Crippen molar-refractivity contribution in [3.8, 4) is 0 Å². The Morgan fingerprint density at radius 2 is 1.94 bits per heavy atom. The maximum absolute atomic E-state index is 13.0. The van der Waals surface area contributed by atoms with Crippen LogP contribution in [0.25, 0.3) is 0 Å². The molecule has 0 atom stereocenters. The first kappa shape index (κ1) is 11.5. The van der Waals surface area contributed by atoms with E-state index in [9.17, 15) is 9.18 Å². The van der Waals surface area contributed by atoms with Crippen LogP contribution in [0.15, 0.2) is 36.5 Å². The van der Waals surface area contributed by atoms with Gasteiger partial charge in [0.15, 0.2) is 0 Å². The molecule has 1 heterocycles. The van der Waals surface area contributed by atoms with E-state index in [1.165, 1.54) is 18.2 Å². The highest BCUT2D eigenvalue weighted by atomic mass is 19.1. The predicted molar refractivity (Wildman–Crippen MR) is 63.5 cm³/mol. The Morgan fingerprint density at radius 1 is 1.18 bits per heavy atom. The van der Waals surface area contributed by atoms with Crippen LogP contribution in [0.5, 0.6) is 0 Å². The highest BCUT2D eigenvalue weighted by Gasteiger charge is 2.13. The fourth-order valence-corrected chi connectivity index (χ4v) is 1.68. The molecule has 86 valence electrons. The molecule has 0 fully saturated rings. The van der Waals surface area contributed by atoms with Gasteiger partial charge in [-0.05, 0) is 55.3 Å². The van der Waals surface area contributed by atoms with E-state index in [1.54, 1.807) is 19.2 Å². The van der Waals surface area contributed by atoms with E-state index < -0.39 is 0 Å². The van der Waals surface area contributed by atoms with Crippen molar-refractivity contribution in [3.63, 3.8) is 0 Å². The smallest absolute Gasteiger partial charge is 0.211 e. The summed E-state index contributed by atoms with van der Waals surface area (Å²) >= 11 is 0. The van der Waals surface area contributed by atoms with Gasteiger partial charge in [-0.3, -0.25) is 9.78 Å². The summed E-state index contributed by atoms with van der Waals surface area (Å²) in [5.41, 5.74) is 2.48. The van der Waals surface area contributed by atoms with Gasteiger partial charge in [-0.15, -0.1) is 0 Å². The van der Waals surface area contributed by atoms with Crippen molar-refractivity contribution in [2.24, 2.45) is 0 Å². The number of rotatable bonds is 2. The second-order valence-corrected chi connectivity index (χ2v) is 4.01. The first-order chi connectivity index (χ1) is 8.08. The van der Waals surface area contributed by atoms with Crippen molar-refractivity contribution < 1.29 is 9.18 Å². The van der Waals surface area contributed by atoms with Gasteiger partial charge in [-0.2, -0.15) is 0 Å². The first-order valence-corrected chi connectivity index (χ1v) is 5.31. The number of ketones is 1. The molecule has 3 heteroatoms. The third-order valence-corrected chi connectivity index (χ3v) is 2.58. The summed E-state index contributed by atoms with van der Waals surface area (Å²) in [6.07, 6.45) is 1.60. The lowest BCUT2D eigenvalue weighted by molar-refractivity contribution is 0.103. The van der Waals surface area contributed by atoms with E-state index >= 15 is 0 Å². The molecule has 1 aromatic carbocycles. The SMILES string of the molecule is Cc1ccnc(C(=O)c2ccc(F)cc2C)c1. The van der Waals surface area contributed by atoms with Crippen LogP contribution in [0.2, 0.25) is 0 Å². The van der Waals surface area contributed by atoms with Crippen LogP contribution < -0.4 is 0 Å². The zero-order valence-electron chi connectivity index (χ0n) is 9.70. The number of benzene rings is 1. The van der Waals surface area contributed by atoms with Gasteiger partial charge >= 0.3 is 0 Å². The largest absolute Gasteiger partial charge is 0.287 e. The van der Waals surface area contributed by atoms with Crippen LogP contribution in [0, 0.1) is 19.7 Å². The van der Waals surface area contributed by atoms with Crippen molar-refractivity contribution in [1.29, 1.82) is 0 Å². The summed E-state index contributed by atoms with van der Waals surface area (Å²) in [4.78, 5) is 16.2. The summed E-state index contributed by atoms with van der Waals surface area (Å²) in [7, 11) is 0. The van der Waals surface area contributed by atoms with Gasteiger partial charge < -0.3 is 0 Å². The fraction of sp³-hybridized carbons (Fsp3) is 0.143. The van der Waals surface area contributed by atoms with E-state index in [0.29, 0.717) is 16.8 Å². The monoisotopic (exact) mass is 229 g/mol. The number of nitrogens with zero attached hydrogens (tertiary/aromatic N) is 1. The molecule has 0 saturated carbocycles. The number of halogens is 1. The maximum atomic E-state index is 13.0. The lowest BCUT2D eigenvalue weighted by Gasteiger charge is -2.05. The van der Waals surface area contributed by atoms with E-state index in [0.717, 1.165) is 5.56 Å². The fourth-order valence-electron chi connectivity index (χ4n) is 1.68. The molecule has 1 aromatic heterocycles. The molecular weight excluding hydrogens is 217 g/mol. The lowest BCUT2D eigenvalue weighted by Crippen LogP contribution is -2.06. The van der Waals surface area contributed by atoms with Gasteiger partial charge in [0.2, 0.25) is 5.78 Å². The van der Waals surface area contributed by atoms with Crippen LogP contribution in [-0.4, -0.2) is 10.8 Å². The molecule has 0 spiro atoms. The lowest BCUT2D eigenvalue weighted by atomic mass is 10.0. The number of hydrogen-bond acceptors (Lipinski definition) is 2. The third-order valence-electron chi connectivity index (χ3n) is 2.58. The molecule has 0 aliphatic carbocycles. The van der Waals surface area contributed by atoms with Crippen LogP contribution in [0.4, 0.5) is 4.39 Å². The maximum Gasteiger partial charge on any atom is 0.211 e. The molecule has 0 amide bonds. The number of pyridine rings is 1. The third kappa shape index (κ3) is 2.38. The van der Waals surface area contributed by atoms with Crippen molar-refractivity contribution >= 4 is 5.78 Å². The summed E-state index contributed by atoms with van der Waals surface area (Å²) in [6, 6.07) is 7.69. The van der Waals surface area contributed by atoms with Crippen molar-refractivity contribution in [1.82, 2.24) is 4.98 Å². The summed E-state index contributed by atoms with van der Waals surface area (Å²) < 4.78 is 13.0. The predicted octanol–water partition coefficient (Wildman–Crippen LogP) is 3.07. The highest BCUT2D eigenvalue weighted by molar-refractivity contribution is 6.08. The summed E-state index contributed by atoms with van der Waals surface area (Å²) in [5.74, 6) is -0.512. The molecule has 0 saturated heterocycles. The molecule has 0 unspecified atom stereocenters. The number of aryl methyl sites for hydroxylation is 2. The average molecular weight is 229 g/mol. The Morgan fingerprint density at radius 3 is 2.59 bits per heavy atom. The highest BCUT2D eigenvalue weighted by Crippen LogP contribution is 2.14. The Kier molecular flexibility index (Phi) is 3.00. The minimum absolute atomic E-state index is 0.175. The van der Waals surface area contributed by atoms with Crippen LogP contribution in [0.3, 0.4) is 0 Å². The normalized spacial score (nSPS) is 10.3. The minimum atomic E-state index is -0.337. The standard InChI is InChI=1S/C14H12FNO/c1-9-5-6-16-13(7-9)14(17)12-4-3-11(15)8-10(12)2/h3-8H,1-2H3. The summed E-state index contributed by atoms with van der Waals surface area (Å²) in [6.45, 7) is 3.61. The van der Waals surface area contributed by atoms with Crippen molar-refractivity contribution in [2.75, 3.05) is 0 Å². The van der Waals surface area contributed by atoms with Crippen LogP contribution in [0.1, 0.15) is 27.2 Å². The number of aromatic nitrogens is 1. The molecule has 17 heavy (non-hydrogen) atoms.